The van der Waals surface area contributed by atoms with Gasteiger partial charge in [0.2, 0.25) is 0 Å². The van der Waals surface area contributed by atoms with E-state index in [1.807, 2.05) is 0 Å². The zero-order valence-corrected chi connectivity index (χ0v) is 9.41. The quantitative estimate of drug-likeness (QED) is 0.582. The smallest absolute Gasteiger partial charge is 0.287 e. The van der Waals surface area contributed by atoms with Crippen molar-refractivity contribution in [2.75, 3.05) is 0 Å². The zero-order chi connectivity index (χ0) is 11.0. The average Bonchev–Trinajstić information content (AvgIpc) is 2.17. The van der Waals surface area contributed by atoms with Crippen molar-refractivity contribution in [3.05, 3.63) is 37.8 Å². The van der Waals surface area contributed by atoms with Crippen molar-refractivity contribution in [3.63, 3.8) is 0 Å². The third kappa shape index (κ3) is 1.67. The van der Waals surface area contributed by atoms with Crippen molar-refractivity contribution in [3.8, 4) is 0 Å². The summed E-state index contributed by atoms with van der Waals surface area (Å²) in [5, 5.41) is 10.9. The van der Waals surface area contributed by atoms with E-state index < -0.39 is 4.92 Å². The second kappa shape index (κ2) is 3.73. The van der Waals surface area contributed by atoms with Gasteiger partial charge in [-0.1, -0.05) is 0 Å². The third-order valence-corrected chi connectivity index (χ3v) is 3.19. The van der Waals surface area contributed by atoms with Crippen LogP contribution < -0.4 is 0 Å². The molecule has 15 heavy (non-hydrogen) atoms. The molecule has 0 N–H and O–H groups in total. The van der Waals surface area contributed by atoms with Gasteiger partial charge in [-0.05, 0) is 40.9 Å². The fraction of sp³-hybridized carbons (Fsp3) is 0.300. The van der Waals surface area contributed by atoms with Gasteiger partial charge in [-0.2, -0.15) is 0 Å². The third-order valence-electron chi connectivity index (χ3n) is 2.55. The van der Waals surface area contributed by atoms with Crippen LogP contribution in [0.3, 0.4) is 0 Å². The number of benzene rings is 1. The zero-order valence-electron chi connectivity index (χ0n) is 7.83. The summed E-state index contributed by atoms with van der Waals surface area (Å²) in [6.45, 7) is 0. The molecule has 0 amide bonds. The van der Waals surface area contributed by atoms with Gasteiger partial charge in [0.25, 0.3) is 5.69 Å². The number of hydrogen-bond donors (Lipinski definition) is 0. The summed E-state index contributed by atoms with van der Waals surface area (Å²) in [7, 11) is 0. The lowest BCUT2D eigenvalue weighted by atomic mass is 9.89. The van der Waals surface area contributed by atoms with Gasteiger partial charge in [-0.3, -0.25) is 14.9 Å². The molecule has 0 bridgehead atoms. The molecule has 0 radical (unpaired) electrons. The molecule has 0 saturated heterocycles. The van der Waals surface area contributed by atoms with Crippen LogP contribution in [-0.2, 0) is 6.42 Å². The average molecular weight is 270 g/mol. The van der Waals surface area contributed by atoms with Crippen molar-refractivity contribution in [1.82, 2.24) is 0 Å². The molecule has 78 valence electrons. The minimum absolute atomic E-state index is 0.00634. The number of ketones is 1. The van der Waals surface area contributed by atoms with Gasteiger partial charge in [-0.15, -0.1) is 0 Å². The minimum Gasteiger partial charge on any atom is -0.294 e. The van der Waals surface area contributed by atoms with Crippen molar-refractivity contribution in [2.24, 2.45) is 0 Å². The second-order valence-corrected chi connectivity index (χ2v) is 4.31. The first-order valence-corrected chi connectivity index (χ1v) is 5.39. The standard InChI is InChI=1S/C10H8BrNO3/c11-8-5-4-6-7(10(8)12(14)15)2-1-3-9(6)13/h4-5H,1-3H2. The van der Waals surface area contributed by atoms with Crippen LogP contribution in [0.4, 0.5) is 5.69 Å². The summed E-state index contributed by atoms with van der Waals surface area (Å²) in [6.07, 6.45) is 1.80. The van der Waals surface area contributed by atoms with Crippen LogP contribution in [-0.4, -0.2) is 10.7 Å². The van der Waals surface area contributed by atoms with Crippen molar-refractivity contribution in [2.45, 2.75) is 19.3 Å². The van der Waals surface area contributed by atoms with Crippen LogP contribution >= 0.6 is 15.9 Å². The first-order chi connectivity index (χ1) is 7.11. The molecule has 0 saturated carbocycles. The number of nitrogens with zero attached hydrogens (tertiary/aromatic N) is 1. The first-order valence-electron chi connectivity index (χ1n) is 4.60. The number of halogens is 1. The Labute approximate surface area is 94.6 Å². The molecule has 0 atom stereocenters. The number of nitro benzene ring substituents is 1. The highest BCUT2D eigenvalue weighted by Gasteiger charge is 2.27. The van der Waals surface area contributed by atoms with Crippen molar-refractivity contribution < 1.29 is 9.72 Å². The molecular formula is C10H8BrNO3. The van der Waals surface area contributed by atoms with Crippen LogP contribution in [0.25, 0.3) is 0 Å². The Kier molecular flexibility index (Phi) is 2.56. The minimum atomic E-state index is -0.429. The highest BCUT2D eigenvalue weighted by Crippen LogP contribution is 2.35. The van der Waals surface area contributed by atoms with E-state index in [4.69, 9.17) is 0 Å². The Hall–Kier alpha value is -1.23. The number of rotatable bonds is 1. The summed E-state index contributed by atoms with van der Waals surface area (Å²) in [5.41, 5.74) is 1.13. The molecule has 0 spiro atoms. The number of fused-ring (bicyclic) bond motifs is 1. The molecule has 0 unspecified atom stereocenters. The van der Waals surface area contributed by atoms with Crippen LogP contribution in [0.5, 0.6) is 0 Å². The van der Waals surface area contributed by atoms with Gasteiger partial charge in [0.05, 0.1) is 9.40 Å². The summed E-state index contributed by atoms with van der Waals surface area (Å²) < 4.78 is 0.445. The Morgan fingerprint density at radius 2 is 2.07 bits per heavy atom. The maximum atomic E-state index is 11.5. The van der Waals surface area contributed by atoms with E-state index in [0.29, 0.717) is 34.9 Å². The maximum Gasteiger partial charge on any atom is 0.287 e. The topological polar surface area (TPSA) is 60.2 Å². The van der Waals surface area contributed by atoms with Gasteiger partial charge in [0.1, 0.15) is 0 Å². The summed E-state index contributed by atoms with van der Waals surface area (Å²) in [6, 6.07) is 3.23. The normalized spacial score (nSPS) is 14.9. The highest BCUT2D eigenvalue weighted by molar-refractivity contribution is 9.10. The Balaban J connectivity index is 2.68. The molecular weight excluding hydrogens is 262 g/mol. The lowest BCUT2D eigenvalue weighted by Crippen LogP contribution is -2.12. The Morgan fingerprint density at radius 1 is 1.33 bits per heavy atom. The van der Waals surface area contributed by atoms with Crippen LogP contribution in [0.1, 0.15) is 28.8 Å². The number of carbonyl (C=O) groups is 1. The monoisotopic (exact) mass is 269 g/mol. The number of nitro groups is 1. The van der Waals surface area contributed by atoms with Gasteiger partial charge < -0.3 is 0 Å². The predicted octanol–water partition coefficient (Wildman–Crippen LogP) is 2.88. The summed E-state index contributed by atoms with van der Waals surface area (Å²) >= 11 is 3.14. The lowest BCUT2D eigenvalue weighted by Gasteiger charge is -2.14. The van der Waals surface area contributed by atoms with E-state index in [9.17, 15) is 14.9 Å². The maximum absolute atomic E-state index is 11.5. The molecule has 1 aromatic carbocycles. The molecule has 1 aliphatic rings. The van der Waals surface area contributed by atoms with Gasteiger partial charge in [-0.25, -0.2) is 0 Å². The van der Waals surface area contributed by atoms with E-state index >= 15 is 0 Å². The molecule has 0 aliphatic heterocycles. The molecule has 5 heteroatoms. The lowest BCUT2D eigenvalue weighted by molar-refractivity contribution is -0.386. The van der Waals surface area contributed by atoms with E-state index in [1.54, 1.807) is 12.1 Å². The number of Topliss-reactive ketones (excluding diaryl/α,β-unsaturated/α-hetero) is 1. The predicted molar refractivity (Wildman–Crippen MR) is 58.1 cm³/mol. The van der Waals surface area contributed by atoms with Crippen LogP contribution in [0.15, 0.2) is 16.6 Å². The largest absolute Gasteiger partial charge is 0.294 e. The second-order valence-electron chi connectivity index (χ2n) is 3.46. The van der Waals surface area contributed by atoms with Gasteiger partial charge in [0.15, 0.2) is 5.78 Å². The van der Waals surface area contributed by atoms with Crippen molar-refractivity contribution in [1.29, 1.82) is 0 Å². The van der Waals surface area contributed by atoms with Crippen molar-refractivity contribution >= 4 is 27.4 Å². The molecule has 0 fully saturated rings. The fourth-order valence-corrected chi connectivity index (χ4v) is 2.40. The fourth-order valence-electron chi connectivity index (χ4n) is 1.88. The molecule has 4 nitrogen and oxygen atoms in total. The number of hydrogen-bond acceptors (Lipinski definition) is 3. The van der Waals surface area contributed by atoms with E-state index in [0.717, 1.165) is 0 Å². The SMILES string of the molecule is O=C1CCCc2c1ccc(Br)c2[N+](=O)[O-]. The summed E-state index contributed by atoms with van der Waals surface area (Å²) in [4.78, 5) is 22.0. The molecule has 1 aliphatic carbocycles. The molecule has 0 aromatic heterocycles. The molecule has 2 rings (SSSR count). The Morgan fingerprint density at radius 3 is 2.73 bits per heavy atom. The van der Waals surface area contributed by atoms with E-state index in [-0.39, 0.29) is 11.5 Å². The van der Waals surface area contributed by atoms with E-state index in [2.05, 4.69) is 15.9 Å². The molecule has 1 aromatic rings. The van der Waals surface area contributed by atoms with Gasteiger partial charge >= 0.3 is 0 Å². The summed E-state index contributed by atoms with van der Waals surface area (Å²) in [5.74, 6) is 0.00634. The number of carbonyl (C=O) groups excluding carboxylic acids is 1. The van der Waals surface area contributed by atoms with E-state index in [1.165, 1.54) is 0 Å². The highest BCUT2D eigenvalue weighted by atomic mass is 79.9. The van der Waals surface area contributed by atoms with Crippen LogP contribution in [0.2, 0.25) is 0 Å². The van der Waals surface area contributed by atoms with Gasteiger partial charge in [0, 0.05) is 17.5 Å². The van der Waals surface area contributed by atoms with Crippen LogP contribution in [0, 0.1) is 10.1 Å². The first kappa shape index (κ1) is 10.3. The molecule has 0 heterocycles. The Bertz CT molecular complexity index is 456.